The third-order valence-electron chi connectivity index (χ3n) is 2.42. The van der Waals surface area contributed by atoms with Crippen molar-refractivity contribution in [3.63, 3.8) is 0 Å². The van der Waals surface area contributed by atoms with Gasteiger partial charge in [-0.1, -0.05) is 0 Å². The van der Waals surface area contributed by atoms with Crippen LogP contribution in [0.2, 0.25) is 0 Å². The molecular formula is C11H23NO3. The Hall–Kier alpha value is -0.610. The van der Waals surface area contributed by atoms with Crippen LogP contribution in [0.15, 0.2) is 0 Å². The molecule has 0 aromatic carbocycles. The van der Waals surface area contributed by atoms with E-state index in [1.54, 1.807) is 0 Å². The summed E-state index contributed by atoms with van der Waals surface area (Å²) < 4.78 is 5.43. The number of carbonyl (C=O) groups is 1. The molecule has 0 fully saturated rings. The van der Waals surface area contributed by atoms with E-state index >= 15 is 0 Å². The van der Waals surface area contributed by atoms with Gasteiger partial charge in [0.2, 0.25) is 0 Å². The van der Waals surface area contributed by atoms with Crippen molar-refractivity contribution in [2.75, 3.05) is 20.2 Å². The average Bonchev–Trinajstić information content (AvgIpc) is 2.13. The Morgan fingerprint density at radius 1 is 1.40 bits per heavy atom. The average molecular weight is 217 g/mol. The molecule has 0 radical (unpaired) electrons. The van der Waals surface area contributed by atoms with E-state index in [9.17, 15) is 4.79 Å². The molecular weight excluding hydrogens is 194 g/mol. The van der Waals surface area contributed by atoms with E-state index in [0.29, 0.717) is 13.0 Å². The minimum Gasteiger partial charge on any atom is -0.481 e. The maximum absolute atomic E-state index is 10.4. The summed E-state index contributed by atoms with van der Waals surface area (Å²) >= 11 is 0. The van der Waals surface area contributed by atoms with Gasteiger partial charge in [0.1, 0.15) is 0 Å². The number of rotatable bonds is 8. The standard InChI is InChI=1S/C11H23NO3/c1-9(2)15-8-7-12(4)10(3)5-6-11(13)14/h9-10H,5-8H2,1-4H3,(H,13,14). The lowest BCUT2D eigenvalue weighted by Gasteiger charge is -2.24. The highest BCUT2D eigenvalue weighted by Crippen LogP contribution is 2.04. The molecule has 0 saturated carbocycles. The van der Waals surface area contributed by atoms with Crippen molar-refractivity contribution in [1.82, 2.24) is 4.90 Å². The van der Waals surface area contributed by atoms with Crippen molar-refractivity contribution >= 4 is 5.97 Å². The normalized spacial score (nSPS) is 13.5. The van der Waals surface area contributed by atoms with Gasteiger partial charge < -0.3 is 14.7 Å². The zero-order valence-electron chi connectivity index (χ0n) is 10.2. The van der Waals surface area contributed by atoms with Crippen LogP contribution in [0, 0.1) is 0 Å². The third-order valence-corrected chi connectivity index (χ3v) is 2.42. The SMILES string of the molecule is CC(C)OCCN(C)C(C)CCC(=O)O. The van der Waals surface area contributed by atoms with Crippen molar-refractivity contribution in [2.24, 2.45) is 0 Å². The molecule has 0 aromatic heterocycles. The number of carboxylic acid groups (broad SMARTS) is 1. The molecule has 0 aliphatic rings. The quantitative estimate of drug-likeness (QED) is 0.671. The lowest BCUT2D eigenvalue weighted by Crippen LogP contribution is -2.33. The van der Waals surface area contributed by atoms with Crippen LogP contribution in [-0.4, -0.2) is 48.3 Å². The highest BCUT2D eigenvalue weighted by Gasteiger charge is 2.10. The molecule has 1 atom stereocenters. The Balaban J connectivity index is 3.59. The summed E-state index contributed by atoms with van der Waals surface area (Å²) in [5, 5.41) is 8.55. The van der Waals surface area contributed by atoms with Gasteiger partial charge in [0.15, 0.2) is 0 Å². The Morgan fingerprint density at radius 3 is 2.47 bits per heavy atom. The number of hydrogen-bond acceptors (Lipinski definition) is 3. The summed E-state index contributed by atoms with van der Waals surface area (Å²) in [4.78, 5) is 12.5. The smallest absolute Gasteiger partial charge is 0.303 e. The van der Waals surface area contributed by atoms with E-state index in [4.69, 9.17) is 9.84 Å². The summed E-state index contributed by atoms with van der Waals surface area (Å²) in [5.74, 6) is -0.728. The number of hydrogen-bond donors (Lipinski definition) is 1. The van der Waals surface area contributed by atoms with Gasteiger partial charge in [-0.15, -0.1) is 0 Å². The molecule has 15 heavy (non-hydrogen) atoms. The topological polar surface area (TPSA) is 49.8 Å². The van der Waals surface area contributed by atoms with Crippen molar-refractivity contribution in [2.45, 2.75) is 45.8 Å². The maximum atomic E-state index is 10.4. The molecule has 0 saturated heterocycles. The maximum Gasteiger partial charge on any atom is 0.303 e. The highest BCUT2D eigenvalue weighted by molar-refractivity contribution is 5.66. The molecule has 0 bridgehead atoms. The molecule has 1 unspecified atom stereocenters. The zero-order chi connectivity index (χ0) is 11.8. The van der Waals surface area contributed by atoms with E-state index < -0.39 is 5.97 Å². The predicted octanol–water partition coefficient (Wildman–Crippen LogP) is 1.60. The largest absolute Gasteiger partial charge is 0.481 e. The van der Waals surface area contributed by atoms with Gasteiger partial charge in [-0.05, 0) is 34.2 Å². The van der Waals surface area contributed by atoms with Gasteiger partial charge >= 0.3 is 5.97 Å². The van der Waals surface area contributed by atoms with E-state index in [2.05, 4.69) is 4.90 Å². The summed E-state index contributed by atoms with van der Waals surface area (Å²) in [5.41, 5.74) is 0. The van der Waals surface area contributed by atoms with E-state index in [1.165, 1.54) is 0 Å². The summed E-state index contributed by atoms with van der Waals surface area (Å²) in [6.07, 6.45) is 1.18. The van der Waals surface area contributed by atoms with Gasteiger partial charge in [0.25, 0.3) is 0 Å². The molecule has 0 spiro atoms. The molecule has 4 heteroatoms. The lowest BCUT2D eigenvalue weighted by atomic mass is 10.1. The summed E-state index contributed by atoms with van der Waals surface area (Å²) in [7, 11) is 2.00. The van der Waals surface area contributed by atoms with Gasteiger partial charge in [0, 0.05) is 19.0 Å². The van der Waals surface area contributed by atoms with E-state index in [1.807, 2.05) is 27.8 Å². The van der Waals surface area contributed by atoms with Crippen LogP contribution < -0.4 is 0 Å². The number of aliphatic carboxylic acids is 1. The number of carboxylic acids is 1. The van der Waals surface area contributed by atoms with Crippen LogP contribution in [-0.2, 0) is 9.53 Å². The molecule has 90 valence electrons. The second kappa shape index (κ2) is 7.65. The molecule has 0 heterocycles. The fourth-order valence-corrected chi connectivity index (χ4v) is 1.21. The number of likely N-dealkylation sites (N-methyl/N-ethyl adjacent to an activating group) is 1. The van der Waals surface area contributed by atoms with Crippen LogP contribution >= 0.6 is 0 Å². The first kappa shape index (κ1) is 14.4. The first-order chi connectivity index (χ1) is 6.93. The monoisotopic (exact) mass is 217 g/mol. The molecule has 4 nitrogen and oxygen atoms in total. The molecule has 1 N–H and O–H groups in total. The second-order valence-corrected chi connectivity index (χ2v) is 4.18. The Bertz CT molecular complexity index is 183. The Morgan fingerprint density at radius 2 is 2.00 bits per heavy atom. The molecule has 0 aliphatic carbocycles. The van der Waals surface area contributed by atoms with Crippen molar-refractivity contribution in [3.8, 4) is 0 Å². The lowest BCUT2D eigenvalue weighted by molar-refractivity contribution is -0.137. The predicted molar refractivity (Wildman–Crippen MR) is 60.0 cm³/mol. The van der Waals surface area contributed by atoms with Crippen LogP contribution in [0.25, 0.3) is 0 Å². The molecule has 0 aliphatic heterocycles. The Labute approximate surface area is 92.2 Å². The minimum absolute atomic E-state index is 0.233. The van der Waals surface area contributed by atoms with Crippen LogP contribution in [0.1, 0.15) is 33.6 Å². The number of ether oxygens (including phenoxy) is 1. The number of nitrogens with zero attached hydrogens (tertiary/aromatic N) is 1. The molecule has 0 rings (SSSR count). The fraction of sp³-hybridized carbons (Fsp3) is 0.909. The van der Waals surface area contributed by atoms with Gasteiger partial charge in [0.05, 0.1) is 12.7 Å². The first-order valence-corrected chi connectivity index (χ1v) is 5.47. The van der Waals surface area contributed by atoms with Crippen LogP contribution in [0.3, 0.4) is 0 Å². The van der Waals surface area contributed by atoms with Gasteiger partial charge in [-0.25, -0.2) is 0 Å². The van der Waals surface area contributed by atoms with Crippen LogP contribution in [0.5, 0.6) is 0 Å². The second-order valence-electron chi connectivity index (χ2n) is 4.18. The van der Waals surface area contributed by atoms with Crippen molar-refractivity contribution < 1.29 is 14.6 Å². The zero-order valence-corrected chi connectivity index (χ0v) is 10.2. The highest BCUT2D eigenvalue weighted by atomic mass is 16.5. The van der Waals surface area contributed by atoms with E-state index in [-0.39, 0.29) is 18.6 Å². The summed E-state index contributed by atoms with van der Waals surface area (Å²) in [6.45, 7) is 7.60. The Kier molecular flexibility index (Phi) is 7.34. The minimum atomic E-state index is -0.728. The van der Waals surface area contributed by atoms with Gasteiger partial charge in [-0.3, -0.25) is 4.79 Å². The van der Waals surface area contributed by atoms with E-state index in [0.717, 1.165) is 6.54 Å². The molecule has 0 aromatic rings. The van der Waals surface area contributed by atoms with Crippen molar-refractivity contribution in [1.29, 1.82) is 0 Å². The van der Waals surface area contributed by atoms with Gasteiger partial charge in [-0.2, -0.15) is 0 Å². The summed E-state index contributed by atoms with van der Waals surface area (Å²) in [6, 6.07) is 0.289. The van der Waals surface area contributed by atoms with Crippen LogP contribution in [0.4, 0.5) is 0 Å². The fourth-order valence-electron chi connectivity index (χ4n) is 1.21. The first-order valence-electron chi connectivity index (χ1n) is 5.47. The van der Waals surface area contributed by atoms with Crippen molar-refractivity contribution in [3.05, 3.63) is 0 Å². The third kappa shape index (κ3) is 8.39. The molecule has 0 amide bonds.